The number of nitrogens with zero attached hydrogens (tertiary/aromatic N) is 5. The van der Waals surface area contributed by atoms with Gasteiger partial charge >= 0.3 is 5.97 Å². The summed E-state index contributed by atoms with van der Waals surface area (Å²) in [4.78, 5) is 15.9. The highest BCUT2D eigenvalue weighted by Crippen LogP contribution is 2.17. The van der Waals surface area contributed by atoms with E-state index in [-0.39, 0.29) is 5.69 Å². The van der Waals surface area contributed by atoms with Gasteiger partial charge in [-0.15, -0.1) is 15.3 Å². The number of ether oxygens (including phenoxy) is 1. The van der Waals surface area contributed by atoms with E-state index in [0.29, 0.717) is 23.6 Å². The van der Waals surface area contributed by atoms with E-state index in [0.717, 1.165) is 5.39 Å². The van der Waals surface area contributed by atoms with Crippen LogP contribution in [0.2, 0.25) is 0 Å². The maximum atomic E-state index is 11.7. The van der Waals surface area contributed by atoms with Gasteiger partial charge in [0, 0.05) is 6.20 Å². The van der Waals surface area contributed by atoms with Crippen molar-refractivity contribution in [3.05, 3.63) is 29.7 Å². The first-order chi connectivity index (χ1) is 9.22. The zero-order valence-electron chi connectivity index (χ0n) is 10.5. The lowest BCUT2D eigenvalue weighted by Crippen LogP contribution is -2.14. The van der Waals surface area contributed by atoms with Crippen LogP contribution in [-0.4, -0.2) is 37.4 Å². The summed E-state index contributed by atoms with van der Waals surface area (Å²) in [6.45, 7) is 3.78. The predicted molar refractivity (Wildman–Crippen MR) is 66.8 cm³/mol. The molecule has 3 rings (SSSR count). The number of aryl methyl sites for hydroxylation is 1. The highest BCUT2D eigenvalue weighted by atomic mass is 16.5. The molecule has 0 saturated heterocycles. The third-order valence-electron chi connectivity index (χ3n) is 2.80. The van der Waals surface area contributed by atoms with Crippen molar-refractivity contribution in [2.24, 2.45) is 0 Å². The van der Waals surface area contributed by atoms with E-state index < -0.39 is 5.97 Å². The van der Waals surface area contributed by atoms with E-state index in [2.05, 4.69) is 20.3 Å². The summed E-state index contributed by atoms with van der Waals surface area (Å²) in [5.41, 5.74) is 1.90. The van der Waals surface area contributed by atoms with Gasteiger partial charge in [0.2, 0.25) is 0 Å². The molecule has 96 valence electrons. The zero-order valence-corrected chi connectivity index (χ0v) is 10.5. The molecule has 0 aliphatic heterocycles. The fraction of sp³-hybridized carbons (Fsp3) is 0.250. The molecule has 0 aliphatic carbocycles. The molecule has 0 aliphatic rings. The molecule has 0 aromatic carbocycles. The zero-order chi connectivity index (χ0) is 13.4. The third kappa shape index (κ3) is 1.70. The molecule has 0 saturated carbocycles. The number of carbonyl (C=O) groups excluding carboxylic acids is 1. The van der Waals surface area contributed by atoms with Gasteiger partial charge in [-0.1, -0.05) is 0 Å². The van der Waals surface area contributed by atoms with E-state index in [4.69, 9.17) is 4.74 Å². The molecule has 7 nitrogen and oxygen atoms in total. The van der Waals surface area contributed by atoms with E-state index in [1.54, 1.807) is 30.6 Å². The molecule has 0 unspecified atom stereocenters. The van der Waals surface area contributed by atoms with Gasteiger partial charge in [-0.2, -0.15) is 0 Å². The second-order valence-corrected chi connectivity index (χ2v) is 3.96. The highest BCUT2D eigenvalue weighted by Gasteiger charge is 2.18. The monoisotopic (exact) mass is 257 g/mol. The van der Waals surface area contributed by atoms with Gasteiger partial charge < -0.3 is 4.74 Å². The summed E-state index contributed by atoms with van der Waals surface area (Å²) in [5.74, 6) is -0.498. The van der Waals surface area contributed by atoms with Crippen LogP contribution in [0.1, 0.15) is 23.1 Å². The molecule has 7 heteroatoms. The van der Waals surface area contributed by atoms with Gasteiger partial charge in [0.15, 0.2) is 17.0 Å². The standard InChI is InChI=1S/C12H11N5O2/c1-3-19-12(18)9-7(2)17-11(15-14-9)8-5-4-6-13-10(8)16-17/h4-6H,3H2,1-2H3. The number of aromatic nitrogens is 5. The molecule has 3 aromatic rings. The summed E-state index contributed by atoms with van der Waals surface area (Å²) in [6, 6.07) is 3.67. The third-order valence-corrected chi connectivity index (χ3v) is 2.80. The Kier molecular flexibility index (Phi) is 2.59. The minimum atomic E-state index is -0.498. The molecule has 3 heterocycles. The lowest BCUT2D eigenvalue weighted by atomic mass is 10.3. The number of carbonyl (C=O) groups is 1. The molecule has 0 radical (unpaired) electrons. The van der Waals surface area contributed by atoms with Gasteiger partial charge in [0.05, 0.1) is 17.7 Å². The number of rotatable bonds is 2. The molecule has 0 N–H and O–H groups in total. The van der Waals surface area contributed by atoms with E-state index >= 15 is 0 Å². The number of hydrogen-bond donors (Lipinski definition) is 0. The Morgan fingerprint density at radius 2 is 2.26 bits per heavy atom. The summed E-state index contributed by atoms with van der Waals surface area (Å²) in [7, 11) is 0. The normalized spacial score (nSPS) is 11.1. The summed E-state index contributed by atoms with van der Waals surface area (Å²) >= 11 is 0. The average Bonchev–Trinajstić information content (AvgIpc) is 2.79. The summed E-state index contributed by atoms with van der Waals surface area (Å²) in [5, 5.41) is 13.1. The van der Waals surface area contributed by atoms with Crippen LogP contribution < -0.4 is 0 Å². The molecule has 19 heavy (non-hydrogen) atoms. The van der Waals surface area contributed by atoms with Crippen molar-refractivity contribution >= 4 is 22.6 Å². The first kappa shape index (κ1) is 11.5. The Bertz CT molecular complexity index is 780. The molecule has 3 aromatic heterocycles. The van der Waals surface area contributed by atoms with Crippen molar-refractivity contribution in [1.82, 2.24) is 24.8 Å². The predicted octanol–water partition coefficient (Wildman–Crippen LogP) is 1.16. The van der Waals surface area contributed by atoms with Crippen LogP contribution in [0.5, 0.6) is 0 Å². The molecule has 0 fully saturated rings. The van der Waals surface area contributed by atoms with E-state index in [1.165, 1.54) is 0 Å². The molecule has 0 atom stereocenters. The topological polar surface area (TPSA) is 82.3 Å². The summed E-state index contributed by atoms with van der Waals surface area (Å²) < 4.78 is 6.50. The van der Waals surface area contributed by atoms with Crippen molar-refractivity contribution < 1.29 is 9.53 Å². The van der Waals surface area contributed by atoms with Gasteiger partial charge in [-0.25, -0.2) is 14.3 Å². The first-order valence-electron chi connectivity index (χ1n) is 5.86. The van der Waals surface area contributed by atoms with E-state index in [9.17, 15) is 4.79 Å². The van der Waals surface area contributed by atoms with Crippen molar-refractivity contribution in [1.29, 1.82) is 0 Å². The second kappa shape index (κ2) is 4.27. The molecule has 0 spiro atoms. The van der Waals surface area contributed by atoms with Crippen LogP contribution in [0, 0.1) is 6.92 Å². The Balaban J connectivity index is 2.27. The molecular weight excluding hydrogens is 246 g/mol. The minimum absolute atomic E-state index is 0.169. The van der Waals surface area contributed by atoms with Crippen molar-refractivity contribution in [2.45, 2.75) is 13.8 Å². The van der Waals surface area contributed by atoms with Crippen molar-refractivity contribution in [3.8, 4) is 0 Å². The maximum absolute atomic E-state index is 11.7. The Morgan fingerprint density at radius 1 is 1.42 bits per heavy atom. The highest BCUT2D eigenvalue weighted by molar-refractivity contribution is 5.92. The lowest BCUT2D eigenvalue weighted by molar-refractivity contribution is 0.0516. The Morgan fingerprint density at radius 3 is 3.05 bits per heavy atom. The lowest BCUT2D eigenvalue weighted by Gasteiger charge is -2.04. The number of esters is 1. The fourth-order valence-corrected chi connectivity index (χ4v) is 1.90. The van der Waals surface area contributed by atoms with Gasteiger partial charge in [0.1, 0.15) is 0 Å². The van der Waals surface area contributed by atoms with Gasteiger partial charge in [0.25, 0.3) is 0 Å². The Labute approximate surface area is 108 Å². The fourth-order valence-electron chi connectivity index (χ4n) is 1.90. The van der Waals surface area contributed by atoms with Crippen molar-refractivity contribution in [2.75, 3.05) is 6.61 Å². The van der Waals surface area contributed by atoms with Crippen LogP contribution >= 0.6 is 0 Å². The Hall–Kier alpha value is -2.57. The number of hydrogen-bond acceptors (Lipinski definition) is 6. The van der Waals surface area contributed by atoms with Crippen LogP contribution in [0.4, 0.5) is 0 Å². The largest absolute Gasteiger partial charge is 0.461 e. The second-order valence-electron chi connectivity index (χ2n) is 3.96. The van der Waals surface area contributed by atoms with Crippen LogP contribution in [0.3, 0.4) is 0 Å². The molecule has 0 bridgehead atoms. The van der Waals surface area contributed by atoms with Crippen LogP contribution in [0.15, 0.2) is 18.3 Å². The SMILES string of the molecule is CCOC(=O)c1nnc2c3cccnc3nn2c1C. The number of fused-ring (bicyclic) bond motifs is 3. The average molecular weight is 257 g/mol. The number of pyridine rings is 1. The van der Waals surface area contributed by atoms with Crippen LogP contribution in [0.25, 0.3) is 16.7 Å². The first-order valence-corrected chi connectivity index (χ1v) is 5.86. The molecule has 0 amide bonds. The van der Waals surface area contributed by atoms with Gasteiger partial charge in [-0.05, 0) is 26.0 Å². The summed E-state index contributed by atoms with van der Waals surface area (Å²) in [6.07, 6.45) is 1.66. The molecular formula is C12H11N5O2. The van der Waals surface area contributed by atoms with Gasteiger partial charge in [-0.3, -0.25) is 0 Å². The van der Waals surface area contributed by atoms with Crippen LogP contribution in [-0.2, 0) is 4.74 Å². The smallest absolute Gasteiger partial charge is 0.360 e. The van der Waals surface area contributed by atoms with E-state index in [1.807, 2.05) is 6.07 Å². The quantitative estimate of drug-likeness (QED) is 0.641. The maximum Gasteiger partial charge on any atom is 0.360 e. The minimum Gasteiger partial charge on any atom is -0.461 e. The van der Waals surface area contributed by atoms with Crippen molar-refractivity contribution in [3.63, 3.8) is 0 Å².